The van der Waals surface area contributed by atoms with Gasteiger partial charge in [-0.2, -0.15) is 0 Å². The van der Waals surface area contributed by atoms with Crippen molar-refractivity contribution >= 4 is 22.7 Å². The molecule has 2 fully saturated rings. The first kappa shape index (κ1) is 22.0. The largest absolute Gasteiger partial charge is 0.492 e. The van der Waals surface area contributed by atoms with Crippen molar-refractivity contribution in [2.24, 2.45) is 0 Å². The van der Waals surface area contributed by atoms with Gasteiger partial charge >= 0.3 is 0 Å². The lowest BCUT2D eigenvalue weighted by Crippen LogP contribution is -2.35. The van der Waals surface area contributed by atoms with E-state index in [-0.39, 0.29) is 0 Å². The summed E-state index contributed by atoms with van der Waals surface area (Å²) in [6.45, 7) is 10.7. The van der Waals surface area contributed by atoms with Crippen LogP contribution in [-0.2, 0) is 22.6 Å². The highest BCUT2D eigenvalue weighted by Gasteiger charge is 2.15. The fourth-order valence-corrected chi connectivity index (χ4v) is 5.35. The maximum Gasteiger partial charge on any atom is 0.134 e. The van der Waals surface area contributed by atoms with Crippen LogP contribution >= 0.6 is 22.7 Å². The Kier molecular flexibility index (Phi) is 8.84. The number of nitrogens with zero attached hydrogens (tertiary/aromatic N) is 2. The molecule has 2 saturated heterocycles. The Hall–Kier alpha value is -1.16. The molecule has 0 atom stereocenters. The molecule has 30 heavy (non-hydrogen) atoms. The number of unbranched alkanes of at least 4 members (excludes halogenated alkanes) is 1. The van der Waals surface area contributed by atoms with Crippen LogP contribution in [0.3, 0.4) is 0 Å². The van der Waals surface area contributed by atoms with Crippen LogP contribution < -0.4 is 9.47 Å². The lowest BCUT2D eigenvalue weighted by Gasteiger charge is -2.26. The summed E-state index contributed by atoms with van der Waals surface area (Å²) in [6.07, 6.45) is 1.99. The van der Waals surface area contributed by atoms with Gasteiger partial charge in [0.25, 0.3) is 0 Å². The smallest absolute Gasteiger partial charge is 0.134 e. The average molecular weight is 453 g/mol. The SMILES string of the molecule is c1cc(OCCCCOc2ccsc2CN2CCOCC2)c(CN2CCOCC2)s1. The van der Waals surface area contributed by atoms with Crippen LogP contribution in [0.25, 0.3) is 0 Å². The van der Waals surface area contributed by atoms with Gasteiger partial charge < -0.3 is 18.9 Å². The maximum atomic E-state index is 6.06. The van der Waals surface area contributed by atoms with Gasteiger partial charge in [-0.15, -0.1) is 22.7 Å². The summed E-state index contributed by atoms with van der Waals surface area (Å²) >= 11 is 3.57. The van der Waals surface area contributed by atoms with Crippen molar-refractivity contribution in [3.8, 4) is 11.5 Å². The molecule has 4 heterocycles. The maximum absolute atomic E-state index is 6.06. The first-order valence-corrected chi connectivity index (χ1v) is 12.6. The van der Waals surface area contributed by atoms with E-state index in [9.17, 15) is 0 Å². The minimum atomic E-state index is 0.737. The van der Waals surface area contributed by atoms with E-state index in [1.165, 1.54) is 9.75 Å². The second-order valence-corrected chi connectivity index (χ2v) is 9.60. The van der Waals surface area contributed by atoms with Gasteiger partial charge in [0.05, 0.1) is 49.4 Å². The topological polar surface area (TPSA) is 43.4 Å². The van der Waals surface area contributed by atoms with Gasteiger partial charge in [-0.05, 0) is 35.7 Å². The molecule has 0 N–H and O–H groups in total. The number of morpholine rings is 2. The number of hydrogen-bond acceptors (Lipinski definition) is 8. The Balaban J connectivity index is 1.12. The molecule has 2 aromatic heterocycles. The molecule has 6 nitrogen and oxygen atoms in total. The summed E-state index contributed by atoms with van der Waals surface area (Å²) in [6, 6.07) is 4.19. The molecular formula is C22H32N2O4S2. The molecule has 0 aliphatic carbocycles. The molecule has 4 rings (SSSR count). The molecule has 0 saturated carbocycles. The van der Waals surface area contributed by atoms with Crippen LogP contribution in [0, 0.1) is 0 Å². The molecule has 0 bridgehead atoms. The predicted molar refractivity (Wildman–Crippen MR) is 121 cm³/mol. The quantitative estimate of drug-likeness (QED) is 0.484. The van der Waals surface area contributed by atoms with E-state index >= 15 is 0 Å². The molecule has 8 heteroatoms. The Morgan fingerprint density at radius 2 is 1.13 bits per heavy atom. The summed E-state index contributed by atoms with van der Waals surface area (Å²) in [5.74, 6) is 2.08. The van der Waals surface area contributed by atoms with Gasteiger partial charge in [0.1, 0.15) is 11.5 Å². The van der Waals surface area contributed by atoms with Gasteiger partial charge in [-0.25, -0.2) is 0 Å². The minimum Gasteiger partial charge on any atom is -0.492 e. The van der Waals surface area contributed by atoms with Gasteiger partial charge in [0.15, 0.2) is 0 Å². The van der Waals surface area contributed by atoms with E-state index in [4.69, 9.17) is 18.9 Å². The third kappa shape index (κ3) is 6.67. The van der Waals surface area contributed by atoms with Gasteiger partial charge in [0, 0.05) is 39.3 Å². The highest BCUT2D eigenvalue weighted by molar-refractivity contribution is 7.10. The van der Waals surface area contributed by atoms with Crippen molar-refractivity contribution in [1.82, 2.24) is 9.80 Å². The van der Waals surface area contributed by atoms with Crippen LogP contribution in [0.4, 0.5) is 0 Å². The Bertz CT molecular complexity index is 677. The number of thiophene rings is 2. The molecular weight excluding hydrogens is 420 g/mol. The van der Waals surface area contributed by atoms with Crippen molar-refractivity contribution in [2.75, 3.05) is 65.8 Å². The average Bonchev–Trinajstić information content (AvgIpc) is 3.41. The van der Waals surface area contributed by atoms with Crippen LogP contribution in [0.15, 0.2) is 22.9 Å². The van der Waals surface area contributed by atoms with E-state index < -0.39 is 0 Å². The third-order valence-corrected chi connectivity index (χ3v) is 7.18. The van der Waals surface area contributed by atoms with Crippen molar-refractivity contribution in [2.45, 2.75) is 25.9 Å². The summed E-state index contributed by atoms with van der Waals surface area (Å²) in [4.78, 5) is 7.51. The molecule has 0 unspecified atom stereocenters. The first-order chi connectivity index (χ1) is 14.9. The second kappa shape index (κ2) is 12.0. The van der Waals surface area contributed by atoms with Crippen molar-refractivity contribution in [3.63, 3.8) is 0 Å². The van der Waals surface area contributed by atoms with E-state index in [1.807, 2.05) is 0 Å². The fraction of sp³-hybridized carbons (Fsp3) is 0.636. The molecule has 0 aromatic carbocycles. The summed E-state index contributed by atoms with van der Waals surface area (Å²) in [5.41, 5.74) is 0. The van der Waals surface area contributed by atoms with Crippen molar-refractivity contribution in [1.29, 1.82) is 0 Å². The zero-order valence-corrected chi connectivity index (χ0v) is 19.2. The lowest BCUT2D eigenvalue weighted by atomic mass is 10.3. The molecule has 2 aromatic rings. The molecule has 0 spiro atoms. The van der Waals surface area contributed by atoms with Gasteiger partial charge in [-0.1, -0.05) is 0 Å². The third-order valence-electron chi connectivity index (χ3n) is 5.40. The highest BCUT2D eigenvalue weighted by atomic mass is 32.1. The van der Waals surface area contributed by atoms with Crippen LogP contribution in [0.5, 0.6) is 11.5 Å². The normalized spacial score (nSPS) is 18.5. The molecule has 2 aliphatic rings. The van der Waals surface area contributed by atoms with Crippen LogP contribution in [0.1, 0.15) is 22.6 Å². The number of hydrogen-bond donors (Lipinski definition) is 0. The van der Waals surface area contributed by atoms with E-state index in [2.05, 4.69) is 32.7 Å². The molecule has 2 aliphatic heterocycles. The summed E-state index contributed by atoms with van der Waals surface area (Å²) in [5, 5.41) is 4.25. The zero-order valence-electron chi connectivity index (χ0n) is 17.6. The first-order valence-electron chi connectivity index (χ1n) is 10.9. The molecule has 166 valence electrons. The highest BCUT2D eigenvalue weighted by Crippen LogP contribution is 2.28. The second-order valence-electron chi connectivity index (χ2n) is 7.60. The standard InChI is InChI=1S/C22H32N2O4S2/c1(9-27-19-3-15-29-21(19)17-23-5-11-25-12-6-23)2-10-28-20-4-16-30-22(20)18-24-7-13-26-14-8-24/h3-4,15-16H,1-2,5-14,17-18H2. The van der Waals surface area contributed by atoms with Gasteiger partial charge in [-0.3, -0.25) is 9.80 Å². The van der Waals surface area contributed by atoms with Crippen molar-refractivity contribution < 1.29 is 18.9 Å². The lowest BCUT2D eigenvalue weighted by molar-refractivity contribution is 0.0342. The van der Waals surface area contributed by atoms with E-state index in [0.29, 0.717) is 0 Å². The zero-order chi connectivity index (χ0) is 20.4. The van der Waals surface area contributed by atoms with E-state index in [1.54, 1.807) is 22.7 Å². The predicted octanol–water partition coefficient (Wildman–Crippen LogP) is 3.71. The fourth-order valence-electron chi connectivity index (χ4n) is 3.64. The molecule has 0 amide bonds. The summed E-state index contributed by atoms with van der Waals surface area (Å²) in [7, 11) is 0. The Labute approximate surface area is 187 Å². The molecule has 0 radical (unpaired) electrons. The Morgan fingerprint density at radius 3 is 1.57 bits per heavy atom. The monoisotopic (exact) mass is 452 g/mol. The minimum absolute atomic E-state index is 0.737. The van der Waals surface area contributed by atoms with Crippen LogP contribution in [0.2, 0.25) is 0 Å². The Morgan fingerprint density at radius 1 is 0.700 bits per heavy atom. The number of rotatable bonds is 11. The van der Waals surface area contributed by atoms with Crippen LogP contribution in [-0.4, -0.2) is 75.6 Å². The number of ether oxygens (including phenoxy) is 4. The summed E-state index contributed by atoms with van der Waals surface area (Å²) < 4.78 is 23.0. The van der Waals surface area contributed by atoms with Gasteiger partial charge in [0.2, 0.25) is 0 Å². The van der Waals surface area contributed by atoms with E-state index in [0.717, 1.165) is 103 Å². The van der Waals surface area contributed by atoms with Crippen molar-refractivity contribution in [3.05, 3.63) is 32.6 Å².